The molecule has 10 nitrogen and oxygen atoms in total. The van der Waals surface area contributed by atoms with Gasteiger partial charge in [0, 0.05) is 5.56 Å². The average Bonchev–Trinajstić information content (AvgIpc) is 2.53. The van der Waals surface area contributed by atoms with Gasteiger partial charge in [0.05, 0.1) is 17.2 Å². The summed E-state index contributed by atoms with van der Waals surface area (Å²) in [6, 6.07) is 4.03. The van der Waals surface area contributed by atoms with Crippen LogP contribution in [0.5, 0.6) is 0 Å². The first-order valence-electron chi connectivity index (χ1n) is 6.81. The Morgan fingerprint density at radius 1 is 1.04 bits per heavy atom. The van der Waals surface area contributed by atoms with Crippen molar-refractivity contribution in [1.29, 1.82) is 0 Å². The van der Waals surface area contributed by atoms with Crippen molar-refractivity contribution in [3.05, 3.63) is 56.4 Å². The third-order valence-electron chi connectivity index (χ3n) is 3.60. The Balaban J connectivity index is 2.50. The number of carboxylic acids is 2. The van der Waals surface area contributed by atoms with Gasteiger partial charge in [-0.15, -0.1) is 0 Å². The molecule has 1 aromatic carbocycles. The zero-order chi connectivity index (χ0) is 18.3. The van der Waals surface area contributed by atoms with Crippen molar-refractivity contribution in [2.24, 2.45) is 0 Å². The zero-order valence-corrected chi connectivity index (χ0v) is 12.4. The standard InChI is InChI=1S/C15H10N4O6/c16-11-9(14(22)23)8(10(15(24)25)13(21)19-11)5-1-2-7-6(3-5)12(20)18-4-17-7/h1-4H,(H,22,23)(H,24,25)(H3,16,19,21)(H,17,18,20). The summed E-state index contributed by atoms with van der Waals surface area (Å²) in [6.07, 6.45) is 1.20. The molecular formula is C15H10N4O6. The van der Waals surface area contributed by atoms with Gasteiger partial charge in [-0.25, -0.2) is 14.6 Å². The number of fused-ring (bicyclic) bond motifs is 1. The van der Waals surface area contributed by atoms with Gasteiger partial charge in [0.25, 0.3) is 11.1 Å². The fraction of sp³-hybridized carbons (Fsp3) is 0. The van der Waals surface area contributed by atoms with Crippen LogP contribution in [0.2, 0.25) is 0 Å². The van der Waals surface area contributed by atoms with Gasteiger partial charge in [-0.1, -0.05) is 6.07 Å². The van der Waals surface area contributed by atoms with E-state index in [1.807, 2.05) is 4.98 Å². The number of carbonyl (C=O) groups is 2. The van der Waals surface area contributed by atoms with Crippen molar-refractivity contribution in [3.8, 4) is 11.1 Å². The van der Waals surface area contributed by atoms with Gasteiger partial charge in [-0.3, -0.25) is 9.59 Å². The van der Waals surface area contributed by atoms with Crippen molar-refractivity contribution in [2.75, 3.05) is 5.73 Å². The highest BCUT2D eigenvalue weighted by atomic mass is 16.4. The van der Waals surface area contributed by atoms with Crippen molar-refractivity contribution in [3.63, 3.8) is 0 Å². The highest BCUT2D eigenvalue weighted by Crippen LogP contribution is 2.30. The van der Waals surface area contributed by atoms with E-state index in [0.717, 1.165) is 0 Å². The number of nitrogens with two attached hydrogens (primary N) is 1. The normalized spacial score (nSPS) is 10.7. The number of H-pyrrole nitrogens is 2. The molecule has 0 spiro atoms. The Kier molecular flexibility index (Phi) is 3.57. The largest absolute Gasteiger partial charge is 0.478 e. The molecule has 126 valence electrons. The number of benzene rings is 1. The summed E-state index contributed by atoms with van der Waals surface area (Å²) in [6.45, 7) is 0. The zero-order valence-electron chi connectivity index (χ0n) is 12.4. The highest BCUT2D eigenvalue weighted by molar-refractivity contribution is 6.08. The van der Waals surface area contributed by atoms with Crippen LogP contribution >= 0.6 is 0 Å². The Labute approximate surface area is 137 Å². The van der Waals surface area contributed by atoms with Crippen molar-refractivity contribution in [1.82, 2.24) is 15.0 Å². The Morgan fingerprint density at radius 3 is 2.36 bits per heavy atom. The molecule has 2 aromatic heterocycles. The van der Waals surface area contributed by atoms with Crippen molar-refractivity contribution < 1.29 is 19.8 Å². The fourth-order valence-corrected chi connectivity index (χ4v) is 2.56. The molecule has 0 amide bonds. The lowest BCUT2D eigenvalue weighted by Gasteiger charge is -2.12. The predicted molar refractivity (Wildman–Crippen MR) is 86.8 cm³/mol. The summed E-state index contributed by atoms with van der Waals surface area (Å²) < 4.78 is 0. The van der Waals surface area contributed by atoms with Crippen LogP contribution in [0.3, 0.4) is 0 Å². The number of nitrogen functional groups attached to an aromatic ring is 1. The number of aromatic carboxylic acids is 2. The van der Waals surface area contributed by atoms with E-state index in [4.69, 9.17) is 5.73 Å². The second-order valence-electron chi connectivity index (χ2n) is 5.07. The summed E-state index contributed by atoms with van der Waals surface area (Å²) in [4.78, 5) is 55.3. The Morgan fingerprint density at radius 2 is 1.72 bits per heavy atom. The molecule has 0 radical (unpaired) electrons. The SMILES string of the molecule is Nc1[nH]c(=O)c(C(=O)O)c(-c2ccc3nc[nH]c(=O)c3c2)c1C(=O)O. The molecule has 0 saturated carbocycles. The van der Waals surface area contributed by atoms with Gasteiger partial charge in [0.15, 0.2) is 0 Å². The number of pyridine rings is 1. The van der Waals surface area contributed by atoms with Crippen molar-refractivity contribution in [2.45, 2.75) is 0 Å². The lowest BCUT2D eigenvalue weighted by molar-refractivity contribution is 0.0695. The molecule has 0 saturated heterocycles. The van der Waals surface area contributed by atoms with Gasteiger partial charge in [0.1, 0.15) is 16.9 Å². The Bertz CT molecular complexity index is 1160. The van der Waals surface area contributed by atoms with Crippen LogP contribution in [0.4, 0.5) is 5.82 Å². The fourth-order valence-electron chi connectivity index (χ4n) is 2.56. The van der Waals surface area contributed by atoms with E-state index in [1.54, 1.807) is 0 Å². The van der Waals surface area contributed by atoms with Gasteiger partial charge >= 0.3 is 11.9 Å². The number of nitrogens with one attached hydrogen (secondary N) is 2. The first-order chi connectivity index (χ1) is 11.8. The number of aromatic amines is 2. The van der Waals surface area contributed by atoms with Crippen LogP contribution in [-0.2, 0) is 0 Å². The van der Waals surface area contributed by atoms with Crippen LogP contribution in [-0.4, -0.2) is 37.1 Å². The maximum absolute atomic E-state index is 12.0. The molecular weight excluding hydrogens is 332 g/mol. The molecule has 2 heterocycles. The van der Waals surface area contributed by atoms with Gasteiger partial charge < -0.3 is 25.9 Å². The maximum Gasteiger partial charge on any atom is 0.342 e. The maximum atomic E-state index is 12.0. The number of rotatable bonds is 3. The molecule has 0 bridgehead atoms. The topological polar surface area (TPSA) is 179 Å². The van der Waals surface area contributed by atoms with Crippen LogP contribution in [0.15, 0.2) is 34.1 Å². The number of hydrogen-bond acceptors (Lipinski definition) is 6. The summed E-state index contributed by atoms with van der Waals surface area (Å²) >= 11 is 0. The molecule has 6 N–H and O–H groups in total. The van der Waals surface area contributed by atoms with Crippen LogP contribution in [0, 0.1) is 0 Å². The lowest BCUT2D eigenvalue weighted by atomic mass is 9.94. The van der Waals surface area contributed by atoms with E-state index in [9.17, 15) is 29.4 Å². The molecule has 3 rings (SSSR count). The van der Waals surface area contributed by atoms with Crippen LogP contribution in [0.25, 0.3) is 22.0 Å². The molecule has 0 aliphatic carbocycles. The molecule has 0 aliphatic rings. The molecule has 0 unspecified atom stereocenters. The second-order valence-corrected chi connectivity index (χ2v) is 5.07. The van der Waals surface area contributed by atoms with Crippen LogP contribution < -0.4 is 16.9 Å². The third-order valence-corrected chi connectivity index (χ3v) is 3.60. The van der Waals surface area contributed by atoms with Gasteiger partial charge in [0.2, 0.25) is 0 Å². The van der Waals surface area contributed by atoms with Crippen molar-refractivity contribution >= 4 is 28.7 Å². The summed E-state index contributed by atoms with van der Waals surface area (Å²) in [5.74, 6) is -3.64. The smallest absolute Gasteiger partial charge is 0.342 e. The highest BCUT2D eigenvalue weighted by Gasteiger charge is 2.26. The summed E-state index contributed by atoms with van der Waals surface area (Å²) in [5.41, 5.74) is 2.63. The number of nitrogens with zero attached hydrogens (tertiary/aromatic N) is 1. The average molecular weight is 342 g/mol. The minimum Gasteiger partial charge on any atom is -0.478 e. The first kappa shape index (κ1) is 15.9. The van der Waals surface area contributed by atoms with E-state index in [-0.39, 0.29) is 16.5 Å². The second kappa shape index (κ2) is 5.60. The quantitative estimate of drug-likeness (QED) is 0.449. The van der Waals surface area contributed by atoms with Gasteiger partial charge in [-0.05, 0) is 17.7 Å². The monoisotopic (exact) mass is 342 g/mol. The lowest BCUT2D eigenvalue weighted by Crippen LogP contribution is -2.24. The third kappa shape index (κ3) is 2.51. The molecule has 25 heavy (non-hydrogen) atoms. The minimum absolute atomic E-state index is 0.0404. The summed E-state index contributed by atoms with van der Waals surface area (Å²) in [7, 11) is 0. The van der Waals surface area contributed by atoms with E-state index in [1.165, 1.54) is 24.5 Å². The minimum atomic E-state index is -1.63. The number of hydrogen-bond donors (Lipinski definition) is 5. The molecule has 0 aliphatic heterocycles. The number of anilines is 1. The van der Waals surface area contributed by atoms with E-state index in [2.05, 4.69) is 9.97 Å². The van der Waals surface area contributed by atoms with E-state index >= 15 is 0 Å². The Hall–Kier alpha value is -3.95. The molecule has 10 heteroatoms. The van der Waals surface area contributed by atoms with Crippen LogP contribution in [0.1, 0.15) is 20.7 Å². The first-order valence-corrected chi connectivity index (χ1v) is 6.81. The molecule has 3 aromatic rings. The van der Waals surface area contributed by atoms with E-state index < -0.39 is 40.0 Å². The predicted octanol–water partition coefficient (Wildman–Crippen LogP) is 0.257. The number of aromatic nitrogens is 3. The molecule has 0 fully saturated rings. The van der Waals surface area contributed by atoms with Gasteiger partial charge in [-0.2, -0.15) is 0 Å². The summed E-state index contributed by atoms with van der Waals surface area (Å²) in [5, 5.41) is 18.8. The van der Waals surface area contributed by atoms with E-state index in [0.29, 0.717) is 5.52 Å². The number of carboxylic acid groups (broad SMARTS) is 2. The molecule has 0 atom stereocenters.